The van der Waals surface area contributed by atoms with Crippen LogP contribution in [0.4, 0.5) is 11.4 Å². The number of nitrogens with one attached hydrogen (secondary N) is 2. The molecule has 1 aliphatic heterocycles. The van der Waals surface area contributed by atoms with E-state index in [0.29, 0.717) is 17.8 Å². The van der Waals surface area contributed by atoms with Crippen LogP contribution in [0.5, 0.6) is 0 Å². The van der Waals surface area contributed by atoms with Gasteiger partial charge in [-0.3, -0.25) is 14.5 Å². The molecule has 1 heterocycles. The molecule has 0 bridgehead atoms. The quantitative estimate of drug-likeness (QED) is 0.861. The fraction of sp³-hybridized carbons (Fsp3) is 0.300. The fourth-order valence-corrected chi connectivity index (χ4v) is 3.06. The van der Waals surface area contributed by atoms with Gasteiger partial charge in [0.15, 0.2) is 0 Å². The van der Waals surface area contributed by atoms with Crippen molar-refractivity contribution in [3.63, 3.8) is 0 Å². The van der Waals surface area contributed by atoms with Crippen LogP contribution in [-0.4, -0.2) is 56.5 Å². The molecule has 0 aromatic heterocycles. The van der Waals surface area contributed by atoms with E-state index in [-0.39, 0.29) is 11.8 Å². The van der Waals surface area contributed by atoms with Crippen molar-refractivity contribution in [3.8, 4) is 0 Å². The standard InChI is InChI=1S/C20H24N4O2/c1-21-20(26)16-7-9-17(10-8-16)22-19(25)15-23-11-13-24(14-12-23)18-5-3-2-4-6-18/h2-10H,11-15H2,1H3,(H,21,26)(H,22,25). The predicted molar refractivity (Wildman–Crippen MR) is 104 cm³/mol. The van der Waals surface area contributed by atoms with Crippen molar-refractivity contribution in [2.75, 3.05) is 50.0 Å². The summed E-state index contributed by atoms with van der Waals surface area (Å²) in [6, 6.07) is 17.2. The zero-order chi connectivity index (χ0) is 18.4. The van der Waals surface area contributed by atoms with Crippen LogP contribution in [-0.2, 0) is 4.79 Å². The van der Waals surface area contributed by atoms with E-state index >= 15 is 0 Å². The number of rotatable bonds is 5. The molecule has 2 amide bonds. The first-order valence-electron chi connectivity index (χ1n) is 8.80. The number of nitrogens with zero attached hydrogens (tertiary/aromatic N) is 2. The number of benzene rings is 2. The minimum atomic E-state index is -0.140. The molecule has 136 valence electrons. The predicted octanol–water partition coefficient (Wildman–Crippen LogP) is 1.81. The summed E-state index contributed by atoms with van der Waals surface area (Å²) in [6.07, 6.45) is 0. The van der Waals surface area contributed by atoms with Gasteiger partial charge in [-0.25, -0.2) is 0 Å². The number of hydrogen-bond acceptors (Lipinski definition) is 4. The van der Waals surface area contributed by atoms with Crippen LogP contribution in [0.1, 0.15) is 10.4 Å². The molecule has 2 N–H and O–H groups in total. The number of anilines is 2. The summed E-state index contributed by atoms with van der Waals surface area (Å²) in [7, 11) is 1.59. The lowest BCUT2D eigenvalue weighted by molar-refractivity contribution is -0.117. The summed E-state index contributed by atoms with van der Waals surface area (Å²) < 4.78 is 0. The van der Waals surface area contributed by atoms with Gasteiger partial charge in [-0.1, -0.05) is 18.2 Å². The molecular weight excluding hydrogens is 328 g/mol. The summed E-state index contributed by atoms with van der Waals surface area (Å²) in [5.74, 6) is -0.176. The summed E-state index contributed by atoms with van der Waals surface area (Å²) in [5.41, 5.74) is 2.50. The first-order chi connectivity index (χ1) is 12.7. The molecule has 0 spiro atoms. The van der Waals surface area contributed by atoms with E-state index in [4.69, 9.17) is 0 Å². The minimum absolute atomic E-state index is 0.0362. The third kappa shape index (κ3) is 4.61. The number of hydrogen-bond donors (Lipinski definition) is 2. The van der Waals surface area contributed by atoms with Gasteiger partial charge < -0.3 is 15.5 Å². The molecule has 0 aliphatic carbocycles. The van der Waals surface area contributed by atoms with E-state index < -0.39 is 0 Å². The largest absolute Gasteiger partial charge is 0.369 e. The van der Waals surface area contributed by atoms with Crippen molar-refractivity contribution < 1.29 is 9.59 Å². The third-order valence-corrected chi connectivity index (χ3v) is 4.52. The maximum atomic E-state index is 12.3. The summed E-state index contributed by atoms with van der Waals surface area (Å²) in [5, 5.41) is 5.46. The van der Waals surface area contributed by atoms with Gasteiger partial charge in [0, 0.05) is 50.2 Å². The van der Waals surface area contributed by atoms with Crippen molar-refractivity contribution in [3.05, 3.63) is 60.2 Å². The van der Waals surface area contributed by atoms with Crippen LogP contribution < -0.4 is 15.5 Å². The van der Waals surface area contributed by atoms with E-state index in [0.717, 1.165) is 26.2 Å². The van der Waals surface area contributed by atoms with Crippen LogP contribution in [0.2, 0.25) is 0 Å². The van der Waals surface area contributed by atoms with Crippen molar-refractivity contribution in [1.82, 2.24) is 10.2 Å². The Bertz CT molecular complexity index is 738. The Morgan fingerprint density at radius 2 is 1.58 bits per heavy atom. The van der Waals surface area contributed by atoms with E-state index in [2.05, 4.69) is 32.6 Å². The number of amides is 2. The number of carbonyl (C=O) groups is 2. The third-order valence-electron chi connectivity index (χ3n) is 4.52. The summed E-state index contributed by atoms with van der Waals surface area (Å²) >= 11 is 0. The molecule has 0 unspecified atom stereocenters. The zero-order valence-electron chi connectivity index (χ0n) is 14.9. The molecule has 6 heteroatoms. The first-order valence-corrected chi connectivity index (χ1v) is 8.80. The van der Waals surface area contributed by atoms with Gasteiger partial charge in [0.1, 0.15) is 0 Å². The fourth-order valence-electron chi connectivity index (χ4n) is 3.06. The van der Waals surface area contributed by atoms with E-state index in [1.807, 2.05) is 18.2 Å². The normalized spacial score (nSPS) is 14.7. The highest BCUT2D eigenvalue weighted by atomic mass is 16.2. The van der Waals surface area contributed by atoms with Crippen LogP contribution in [0, 0.1) is 0 Å². The first kappa shape index (κ1) is 17.9. The Hall–Kier alpha value is -2.86. The lowest BCUT2D eigenvalue weighted by Crippen LogP contribution is -2.48. The molecule has 2 aromatic rings. The Labute approximate surface area is 153 Å². The Morgan fingerprint density at radius 3 is 2.19 bits per heavy atom. The number of carbonyl (C=O) groups excluding carboxylic acids is 2. The average Bonchev–Trinajstić information content (AvgIpc) is 2.69. The number of piperazine rings is 1. The van der Waals surface area contributed by atoms with Gasteiger partial charge in [0.05, 0.1) is 6.54 Å². The van der Waals surface area contributed by atoms with Gasteiger partial charge in [-0.05, 0) is 36.4 Å². The molecule has 1 saturated heterocycles. The van der Waals surface area contributed by atoms with Crippen molar-refractivity contribution in [1.29, 1.82) is 0 Å². The van der Waals surface area contributed by atoms with Crippen LogP contribution in [0.25, 0.3) is 0 Å². The van der Waals surface area contributed by atoms with Gasteiger partial charge in [0.2, 0.25) is 5.91 Å². The summed E-state index contributed by atoms with van der Waals surface area (Å²) in [6.45, 7) is 3.92. The minimum Gasteiger partial charge on any atom is -0.369 e. The summed E-state index contributed by atoms with van der Waals surface area (Å²) in [4.78, 5) is 28.3. The number of para-hydroxylation sites is 1. The molecule has 0 saturated carbocycles. The second-order valence-electron chi connectivity index (χ2n) is 6.30. The molecule has 2 aromatic carbocycles. The molecule has 6 nitrogen and oxygen atoms in total. The molecule has 0 atom stereocenters. The second-order valence-corrected chi connectivity index (χ2v) is 6.30. The lowest BCUT2D eigenvalue weighted by atomic mass is 10.2. The van der Waals surface area contributed by atoms with Crippen LogP contribution in [0.15, 0.2) is 54.6 Å². The van der Waals surface area contributed by atoms with Gasteiger partial charge in [-0.15, -0.1) is 0 Å². The topological polar surface area (TPSA) is 64.7 Å². The second kappa shape index (κ2) is 8.49. The van der Waals surface area contributed by atoms with Gasteiger partial charge in [0.25, 0.3) is 5.91 Å². The molecule has 3 rings (SSSR count). The highest BCUT2D eigenvalue weighted by Gasteiger charge is 2.19. The van der Waals surface area contributed by atoms with E-state index in [1.54, 1.807) is 31.3 Å². The van der Waals surface area contributed by atoms with Crippen molar-refractivity contribution in [2.45, 2.75) is 0 Å². The van der Waals surface area contributed by atoms with Gasteiger partial charge >= 0.3 is 0 Å². The highest BCUT2D eigenvalue weighted by molar-refractivity contribution is 5.96. The van der Waals surface area contributed by atoms with Gasteiger partial charge in [-0.2, -0.15) is 0 Å². The zero-order valence-corrected chi connectivity index (χ0v) is 14.9. The molecule has 1 fully saturated rings. The molecular formula is C20H24N4O2. The molecule has 0 radical (unpaired) electrons. The van der Waals surface area contributed by atoms with E-state index in [1.165, 1.54) is 5.69 Å². The molecule has 1 aliphatic rings. The Morgan fingerprint density at radius 1 is 0.923 bits per heavy atom. The smallest absolute Gasteiger partial charge is 0.251 e. The maximum Gasteiger partial charge on any atom is 0.251 e. The van der Waals surface area contributed by atoms with Crippen LogP contribution >= 0.6 is 0 Å². The SMILES string of the molecule is CNC(=O)c1ccc(NC(=O)CN2CCN(c3ccccc3)CC2)cc1. The van der Waals surface area contributed by atoms with Crippen LogP contribution in [0.3, 0.4) is 0 Å². The van der Waals surface area contributed by atoms with Crippen molar-refractivity contribution in [2.24, 2.45) is 0 Å². The monoisotopic (exact) mass is 352 g/mol. The lowest BCUT2D eigenvalue weighted by Gasteiger charge is -2.35. The van der Waals surface area contributed by atoms with Crippen molar-refractivity contribution >= 4 is 23.2 Å². The molecule has 26 heavy (non-hydrogen) atoms. The maximum absolute atomic E-state index is 12.3. The average molecular weight is 352 g/mol. The Kier molecular flexibility index (Phi) is 5.86. The Balaban J connectivity index is 1.46. The highest BCUT2D eigenvalue weighted by Crippen LogP contribution is 2.15. The van der Waals surface area contributed by atoms with E-state index in [9.17, 15) is 9.59 Å².